The third-order valence-corrected chi connectivity index (χ3v) is 4.36. The summed E-state index contributed by atoms with van der Waals surface area (Å²) in [6.07, 6.45) is -8.46. The monoisotopic (exact) mass is 424 g/mol. The van der Waals surface area contributed by atoms with Crippen LogP contribution in [0.4, 0.5) is 22.0 Å². The minimum absolute atomic E-state index is 0.0629. The Hall–Kier alpha value is -3.50. The summed E-state index contributed by atoms with van der Waals surface area (Å²) in [6, 6.07) is 8.49. The number of nitrogens with one attached hydrogen (secondary N) is 1. The van der Waals surface area contributed by atoms with Gasteiger partial charge >= 0.3 is 6.18 Å². The maximum atomic E-state index is 13.4. The summed E-state index contributed by atoms with van der Waals surface area (Å²) in [5.41, 5.74) is 1.52. The highest BCUT2D eigenvalue weighted by Gasteiger charge is 2.38. The highest BCUT2D eigenvalue weighted by atomic mass is 19.4. The molecule has 0 saturated heterocycles. The second-order valence-corrected chi connectivity index (χ2v) is 6.41. The molecule has 1 unspecified atom stereocenters. The van der Waals surface area contributed by atoms with Gasteiger partial charge in [0.25, 0.3) is 12.3 Å². The van der Waals surface area contributed by atoms with Gasteiger partial charge in [0.2, 0.25) is 5.82 Å². The predicted octanol–water partition coefficient (Wildman–Crippen LogP) is 5.55. The Labute approximate surface area is 165 Å². The maximum Gasteiger partial charge on any atom is 0.425 e. The van der Waals surface area contributed by atoms with E-state index in [-0.39, 0.29) is 17.3 Å². The summed E-state index contributed by atoms with van der Waals surface area (Å²) in [7, 11) is 0. The van der Waals surface area contributed by atoms with E-state index in [1.807, 2.05) is 0 Å². The molecule has 2 aromatic heterocycles. The van der Waals surface area contributed by atoms with Gasteiger partial charge in [-0.2, -0.15) is 18.2 Å². The van der Waals surface area contributed by atoms with E-state index in [4.69, 9.17) is 4.52 Å². The van der Waals surface area contributed by atoms with E-state index in [2.05, 4.69) is 24.8 Å². The average Bonchev–Trinajstić information content (AvgIpc) is 3.36. The van der Waals surface area contributed by atoms with Gasteiger partial charge in [-0.1, -0.05) is 5.16 Å². The molecule has 4 aromatic rings. The number of fused-ring (bicyclic) bond motifs is 1. The molecule has 6 nitrogen and oxygen atoms in total. The van der Waals surface area contributed by atoms with Crippen LogP contribution >= 0.6 is 0 Å². The minimum atomic E-state index is -4.69. The number of rotatable bonds is 5. The molecular formula is C19H13F5N4O2. The quantitative estimate of drug-likeness (QED) is 0.425. The molecule has 1 atom stereocenters. The van der Waals surface area contributed by atoms with Crippen molar-refractivity contribution in [2.45, 2.75) is 25.6 Å². The first kappa shape index (κ1) is 19.8. The fourth-order valence-corrected chi connectivity index (χ4v) is 2.75. The number of halogens is 5. The van der Waals surface area contributed by atoms with Crippen LogP contribution in [0.25, 0.3) is 33.9 Å². The Balaban J connectivity index is 1.65. The Morgan fingerprint density at radius 2 is 1.83 bits per heavy atom. The van der Waals surface area contributed by atoms with Gasteiger partial charge in [0, 0.05) is 11.1 Å². The highest BCUT2D eigenvalue weighted by molar-refractivity contribution is 5.80. The molecule has 4 rings (SSSR count). The van der Waals surface area contributed by atoms with E-state index in [1.165, 1.54) is 12.4 Å². The third kappa shape index (κ3) is 3.82. The van der Waals surface area contributed by atoms with Gasteiger partial charge in [-0.05, 0) is 43.3 Å². The standard InChI is InChI=1S/C19H13F5N4O2/c1-9(19(22,23)24)29-15-5-3-11(6-12(15)16(20)21)18-27-17(28-30-18)10-2-4-13-14(7-10)26-8-25-13/h2-9,16H,1H3,(H,25,26). The molecule has 0 aliphatic carbocycles. The van der Waals surface area contributed by atoms with Gasteiger partial charge in [0.1, 0.15) is 5.75 Å². The predicted molar refractivity (Wildman–Crippen MR) is 95.9 cm³/mol. The maximum absolute atomic E-state index is 13.4. The van der Waals surface area contributed by atoms with Crippen LogP contribution in [0.3, 0.4) is 0 Å². The molecule has 0 saturated carbocycles. The lowest BCUT2D eigenvalue weighted by Crippen LogP contribution is -2.31. The van der Waals surface area contributed by atoms with E-state index in [9.17, 15) is 22.0 Å². The number of hydrogen-bond donors (Lipinski definition) is 1. The van der Waals surface area contributed by atoms with Crippen LogP contribution in [0.5, 0.6) is 5.75 Å². The highest BCUT2D eigenvalue weighted by Crippen LogP contribution is 2.36. The van der Waals surface area contributed by atoms with Crippen molar-refractivity contribution >= 4 is 11.0 Å². The zero-order valence-corrected chi connectivity index (χ0v) is 15.2. The fourth-order valence-electron chi connectivity index (χ4n) is 2.75. The summed E-state index contributed by atoms with van der Waals surface area (Å²) < 4.78 is 74.8. The van der Waals surface area contributed by atoms with Crippen LogP contribution in [-0.2, 0) is 0 Å². The van der Waals surface area contributed by atoms with Crippen molar-refractivity contribution in [1.29, 1.82) is 0 Å². The molecule has 0 aliphatic heterocycles. The van der Waals surface area contributed by atoms with Crippen molar-refractivity contribution in [2.24, 2.45) is 0 Å². The first-order valence-electron chi connectivity index (χ1n) is 8.65. The normalized spacial score (nSPS) is 13.2. The van der Waals surface area contributed by atoms with Crippen molar-refractivity contribution in [3.63, 3.8) is 0 Å². The Morgan fingerprint density at radius 1 is 1.07 bits per heavy atom. The molecule has 0 aliphatic rings. The van der Waals surface area contributed by atoms with Crippen LogP contribution in [-0.4, -0.2) is 32.4 Å². The lowest BCUT2D eigenvalue weighted by atomic mass is 10.1. The molecule has 0 radical (unpaired) electrons. The third-order valence-electron chi connectivity index (χ3n) is 4.36. The second kappa shape index (κ2) is 7.39. The number of aromatic amines is 1. The molecule has 0 amide bonds. The number of imidazole rings is 1. The fraction of sp³-hybridized carbons (Fsp3) is 0.211. The second-order valence-electron chi connectivity index (χ2n) is 6.41. The number of hydrogen-bond acceptors (Lipinski definition) is 5. The zero-order chi connectivity index (χ0) is 21.5. The lowest BCUT2D eigenvalue weighted by molar-refractivity contribution is -0.189. The van der Waals surface area contributed by atoms with Crippen LogP contribution < -0.4 is 4.74 Å². The van der Waals surface area contributed by atoms with E-state index in [1.54, 1.807) is 18.2 Å². The van der Waals surface area contributed by atoms with E-state index < -0.39 is 30.0 Å². The summed E-state index contributed by atoms with van der Waals surface area (Å²) in [5, 5.41) is 3.84. The number of nitrogens with zero attached hydrogens (tertiary/aromatic N) is 3. The van der Waals surface area contributed by atoms with Crippen LogP contribution in [0.2, 0.25) is 0 Å². The molecule has 2 heterocycles. The molecule has 0 spiro atoms. The first-order chi connectivity index (χ1) is 14.2. The smallest absolute Gasteiger partial charge is 0.425 e. The van der Waals surface area contributed by atoms with Gasteiger partial charge in [0.15, 0.2) is 6.10 Å². The van der Waals surface area contributed by atoms with Gasteiger partial charge in [-0.15, -0.1) is 0 Å². The van der Waals surface area contributed by atoms with Gasteiger partial charge in [-0.25, -0.2) is 13.8 Å². The Bertz CT molecular complexity index is 1190. The van der Waals surface area contributed by atoms with E-state index in [0.717, 1.165) is 30.1 Å². The molecule has 0 fully saturated rings. The Kier molecular flexibility index (Phi) is 4.88. The van der Waals surface area contributed by atoms with Gasteiger partial charge in [0.05, 0.1) is 22.9 Å². The first-order valence-corrected chi connectivity index (χ1v) is 8.65. The molecule has 156 valence electrons. The number of ether oxygens (including phenoxy) is 1. The summed E-state index contributed by atoms with van der Waals surface area (Å²) in [4.78, 5) is 11.2. The molecule has 30 heavy (non-hydrogen) atoms. The zero-order valence-electron chi connectivity index (χ0n) is 15.2. The summed E-state index contributed by atoms with van der Waals surface area (Å²) in [5.74, 6) is -0.416. The number of alkyl halides is 5. The molecular weight excluding hydrogens is 411 g/mol. The van der Waals surface area contributed by atoms with E-state index >= 15 is 0 Å². The topological polar surface area (TPSA) is 76.8 Å². The number of benzene rings is 2. The largest absolute Gasteiger partial charge is 0.481 e. The SMILES string of the molecule is CC(Oc1ccc(-c2nc(-c3ccc4nc[nH]c4c3)no2)cc1C(F)F)C(F)(F)F. The van der Waals surface area contributed by atoms with Crippen LogP contribution in [0, 0.1) is 0 Å². The van der Waals surface area contributed by atoms with Gasteiger partial charge < -0.3 is 14.2 Å². The minimum Gasteiger partial charge on any atom is -0.481 e. The molecule has 11 heteroatoms. The van der Waals surface area contributed by atoms with Crippen molar-refractivity contribution in [3.8, 4) is 28.6 Å². The summed E-state index contributed by atoms with van der Waals surface area (Å²) in [6.45, 7) is 0.740. The average molecular weight is 424 g/mol. The van der Waals surface area contributed by atoms with Crippen molar-refractivity contribution in [2.75, 3.05) is 0 Å². The van der Waals surface area contributed by atoms with Crippen LogP contribution in [0.1, 0.15) is 18.9 Å². The molecule has 1 N–H and O–H groups in total. The van der Waals surface area contributed by atoms with Crippen molar-refractivity contribution in [1.82, 2.24) is 20.1 Å². The number of H-pyrrole nitrogens is 1. The van der Waals surface area contributed by atoms with Crippen LogP contribution in [0.15, 0.2) is 47.2 Å². The molecule has 0 bridgehead atoms. The Morgan fingerprint density at radius 3 is 2.57 bits per heavy atom. The van der Waals surface area contributed by atoms with E-state index in [0.29, 0.717) is 5.56 Å². The van der Waals surface area contributed by atoms with Crippen molar-refractivity contribution < 1.29 is 31.2 Å². The summed E-state index contributed by atoms with van der Waals surface area (Å²) >= 11 is 0. The molecule has 2 aromatic carbocycles. The van der Waals surface area contributed by atoms with Crippen molar-refractivity contribution in [3.05, 3.63) is 48.3 Å². The van der Waals surface area contributed by atoms with Gasteiger partial charge in [-0.3, -0.25) is 0 Å². The number of aromatic nitrogens is 4. The lowest BCUT2D eigenvalue weighted by Gasteiger charge is -2.19.